The minimum Gasteiger partial charge on any atom is -0.472 e. The van der Waals surface area contributed by atoms with Gasteiger partial charge < -0.3 is 14.2 Å². The monoisotopic (exact) mass is 401 g/mol. The van der Waals surface area contributed by atoms with Crippen LogP contribution in [0.25, 0.3) is 0 Å². The van der Waals surface area contributed by atoms with Crippen LogP contribution in [0, 0.1) is 3.57 Å². The van der Waals surface area contributed by atoms with Crippen molar-refractivity contribution in [1.29, 1.82) is 0 Å². The van der Waals surface area contributed by atoms with Crippen molar-refractivity contribution in [2.24, 2.45) is 0 Å². The third-order valence-corrected chi connectivity index (χ3v) is 2.95. The molecule has 0 aliphatic heterocycles. The molecule has 0 amide bonds. The van der Waals surface area contributed by atoms with Crippen molar-refractivity contribution < 1.29 is 14.2 Å². The highest BCUT2D eigenvalue weighted by molar-refractivity contribution is 14.1. The maximum absolute atomic E-state index is 5.51. The zero-order valence-corrected chi connectivity index (χ0v) is 12.8. The molecule has 0 aliphatic rings. The molecule has 1 aromatic heterocycles. The van der Waals surface area contributed by atoms with E-state index in [0.717, 1.165) is 8.04 Å². The van der Waals surface area contributed by atoms with Gasteiger partial charge in [-0.15, -0.1) is 0 Å². The summed E-state index contributed by atoms with van der Waals surface area (Å²) in [6.45, 7) is 2.83. The van der Waals surface area contributed by atoms with Gasteiger partial charge in [-0.1, -0.05) is 0 Å². The van der Waals surface area contributed by atoms with Gasteiger partial charge in [0.15, 0.2) is 6.29 Å². The maximum Gasteiger partial charge on any atom is 0.227 e. The maximum atomic E-state index is 5.51. The summed E-state index contributed by atoms with van der Waals surface area (Å²) in [7, 11) is 1.59. The van der Waals surface area contributed by atoms with E-state index in [1.165, 1.54) is 0 Å². The predicted octanol–water partition coefficient (Wildman–Crippen LogP) is 2.84. The number of methoxy groups -OCH3 is 1. The van der Waals surface area contributed by atoms with E-state index in [1.54, 1.807) is 13.3 Å². The average molecular weight is 402 g/mol. The predicted molar refractivity (Wildman–Crippen MR) is 72.6 cm³/mol. The molecule has 1 rings (SSSR count). The van der Waals surface area contributed by atoms with E-state index in [-0.39, 0.29) is 6.29 Å². The Morgan fingerprint density at radius 3 is 2.88 bits per heavy atom. The number of hydrogen-bond acceptors (Lipinski definition) is 4. The lowest BCUT2D eigenvalue weighted by Crippen LogP contribution is -2.24. The number of pyridine rings is 1. The SMILES string of the molecule is CCOC(COc1ncc(Br)cc1I)OC. The fraction of sp³-hybridized carbons (Fsp3) is 0.500. The number of rotatable bonds is 6. The van der Waals surface area contributed by atoms with Gasteiger partial charge in [0, 0.05) is 24.4 Å². The van der Waals surface area contributed by atoms with Crippen molar-refractivity contribution >= 4 is 38.5 Å². The quantitative estimate of drug-likeness (QED) is 0.542. The molecular formula is C10H13BrINO3. The molecule has 6 heteroatoms. The van der Waals surface area contributed by atoms with Crippen LogP contribution in [-0.2, 0) is 9.47 Å². The third-order valence-electron chi connectivity index (χ3n) is 1.75. The van der Waals surface area contributed by atoms with Gasteiger partial charge in [-0.2, -0.15) is 0 Å². The number of nitrogens with zero attached hydrogens (tertiary/aromatic N) is 1. The molecule has 0 aromatic carbocycles. The molecule has 16 heavy (non-hydrogen) atoms. The lowest BCUT2D eigenvalue weighted by molar-refractivity contribution is -0.138. The third kappa shape index (κ3) is 4.52. The first-order chi connectivity index (χ1) is 7.67. The highest BCUT2D eigenvalue weighted by Crippen LogP contribution is 2.21. The summed E-state index contributed by atoms with van der Waals surface area (Å²) in [6.07, 6.45) is 1.34. The molecule has 0 radical (unpaired) electrons. The van der Waals surface area contributed by atoms with Crippen LogP contribution in [0.1, 0.15) is 6.92 Å². The van der Waals surface area contributed by atoms with Gasteiger partial charge in [-0.25, -0.2) is 4.98 Å². The molecule has 0 N–H and O–H groups in total. The Kier molecular flexibility index (Phi) is 6.55. The first-order valence-electron chi connectivity index (χ1n) is 4.75. The van der Waals surface area contributed by atoms with Crippen molar-refractivity contribution in [3.63, 3.8) is 0 Å². The van der Waals surface area contributed by atoms with Crippen LogP contribution in [0.15, 0.2) is 16.7 Å². The minimum absolute atomic E-state index is 0.328. The van der Waals surface area contributed by atoms with E-state index in [9.17, 15) is 0 Å². The van der Waals surface area contributed by atoms with Crippen molar-refractivity contribution in [1.82, 2.24) is 4.98 Å². The first kappa shape index (κ1) is 14.1. The van der Waals surface area contributed by atoms with Crippen molar-refractivity contribution in [2.45, 2.75) is 13.2 Å². The van der Waals surface area contributed by atoms with E-state index in [4.69, 9.17) is 14.2 Å². The summed E-state index contributed by atoms with van der Waals surface area (Å²) in [5.74, 6) is 0.588. The molecule has 4 nitrogen and oxygen atoms in total. The minimum atomic E-state index is -0.355. The Labute approximate surface area is 117 Å². The highest BCUT2D eigenvalue weighted by atomic mass is 127. The van der Waals surface area contributed by atoms with E-state index >= 15 is 0 Å². The van der Waals surface area contributed by atoms with E-state index < -0.39 is 0 Å². The van der Waals surface area contributed by atoms with Crippen LogP contribution in [0.4, 0.5) is 0 Å². The van der Waals surface area contributed by atoms with Crippen LogP contribution in [0.2, 0.25) is 0 Å². The van der Waals surface area contributed by atoms with Gasteiger partial charge in [-0.3, -0.25) is 0 Å². The topological polar surface area (TPSA) is 40.6 Å². The smallest absolute Gasteiger partial charge is 0.227 e. The molecule has 0 spiro atoms. The summed E-state index contributed by atoms with van der Waals surface area (Å²) in [5, 5.41) is 0. The molecule has 1 unspecified atom stereocenters. The second-order valence-corrected chi connectivity index (χ2v) is 4.95. The van der Waals surface area contributed by atoms with E-state index in [1.807, 2.05) is 13.0 Å². The lowest BCUT2D eigenvalue weighted by atomic mass is 10.5. The fourth-order valence-electron chi connectivity index (χ4n) is 1.03. The van der Waals surface area contributed by atoms with Gasteiger partial charge in [0.25, 0.3) is 0 Å². The van der Waals surface area contributed by atoms with Crippen LogP contribution < -0.4 is 4.74 Å². The van der Waals surface area contributed by atoms with Gasteiger partial charge >= 0.3 is 0 Å². The number of hydrogen-bond donors (Lipinski definition) is 0. The molecule has 90 valence electrons. The molecule has 0 fully saturated rings. The number of aromatic nitrogens is 1. The summed E-state index contributed by atoms with van der Waals surface area (Å²) < 4.78 is 17.8. The Morgan fingerprint density at radius 2 is 2.31 bits per heavy atom. The second-order valence-electron chi connectivity index (χ2n) is 2.87. The standard InChI is InChI=1S/C10H13BrINO3/c1-3-15-9(14-2)6-16-10-8(12)4-7(11)5-13-10/h4-5,9H,3,6H2,1-2H3. The molecule has 1 atom stereocenters. The Morgan fingerprint density at radius 1 is 1.56 bits per heavy atom. The average Bonchev–Trinajstić information content (AvgIpc) is 2.26. The van der Waals surface area contributed by atoms with Gasteiger partial charge in [0.05, 0.1) is 3.57 Å². The van der Waals surface area contributed by atoms with Crippen molar-refractivity contribution in [3.8, 4) is 5.88 Å². The molecular weight excluding hydrogens is 389 g/mol. The molecule has 0 bridgehead atoms. The first-order valence-corrected chi connectivity index (χ1v) is 6.62. The van der Waals surface area contributed by atoms with Gasteiger partial charge in [-0.05, 0) is 51.5 Å². The Bertz CT molecular complexity index is 338. The molecule has 0 saturated heterocycles. The largest absolute Gasteiger partial charge is 0.472 e. The number of halogens is 2. The van der Waals surface area contributed by atoms with E-state index in [0.29, 0.717) is 19.1 Å². The van der Waals surface area contributed by atoms with Gasteiger partial charge in [0.1, 0.15) is 6.61 Å². The second kappa shape index (κ2) is 7.41. The summed E-state index contributed by atoms with van der Waals surface area (Å²) in [6, 6.07) is 1.94. The summed E-state index contributed by atoms with van der Waals surface area (Å²) >= 11 is 5.51. The van der Waals surface area contributed by atoms with Crippen molar-refractivity contribution in [2.75, 3.05) is 20.3 Å². The Hall–Kier alpha value is 0.0800. The summed E-state index contributed by atoms with van der Waals surface area (Å²) in [5.41, 5.74) is 0. The number of ether oxygens (including phenoxy) is 3. The van der Waals surface area contributed by atoms with Crippen LogP contribution in [0.5, 0.6) is 5.88 Å². The zero-order valence-electron chi connectivity index (χ0n) is 9.07. The molecule has 0 saturated carbocycles. The normalized spacial score (nSPS) is 12.5. The fourth-order valence-corrected chi connectivity index (χ4v) is 2.42. The van der Waals surface area contributed by atoms with Crippen LogP contribution in [-0.4, -0.2) is 31.6 Å². The summed E-state index contributed by atoms with van der Waals surface area (Å²) in [4.78, 5) is 4.16. The molecule has 1 aromatic rings. The van der Waals surface area contributed by atoms with Gasteiger partial charge in [0.2, 0.25) is 5.88 Å². The van der Waals surface area contributed by atoms with Crippen LogP contribution in [0.3, 0.4) is 0 Å². The molecule has 1 heterocycles. The Balaban J connectivity index is 2.53. The lowest BCUT2D eigenvalue weighted by Gasteiger charge is -2.15. The zero-order chi connectivity index (χ0) is 12.0. The molecule has 0 aliphatic carbocycles. The van der Waals surface area contributed by atoms with Crippen molar-refractivity contribution in [3.05, 3.63) is 20.3 Å². The van der Waals surface area contributed by atoms with Crippen LogP contribution >= 0.6 is 38.5 Å². The van der Waals surface area contributed by atoms with E-state index in [2.05, 4.69) is 43.5 Å². The highest BCUT2D eigenvalue weighted by Gasteiger charge is 2.10.